The minimum absolute atomic E-state index is 0.00565. The predicted molar refractivity (Wildman–Crippen MR) is 159 cm³/mol. The van der Waals surface area contributed by atoms with E-state index < -0.39 is 81.7 Å². The Kier molecular flexibility index (Phi) is 13.4. The molecule has 1 heterocycles. The van der Waals surface area contributed by atoms with Crippen LogP contribution in [0.1, 0.15) is 68.2 Å². The number of carbonyl (C=O) groups excluding carboxylic acids is 4. The van der Waals surface area contributed by atoms with Crippen LogP contribution in [0.15, 0.2) is 0 Å². The molecule has 1 aliphatic heterocycles. The van der Waals surface area contributed by atoms with Crippen LogP contribution >= 0.6 is 0 Å². The molecule has 1 saturated heterocycles. The summed E-state index contributed by atoms with van der Waals surface area (Å²) in [6.45, 7) is 14.7. The van der Waals surface area contributed by atoms with Crippen LogP contribution in [0.5, 0.6) is 0 Å². The van der Waals surface area contributed by atoms with Crippen LogP contribution in [0.4, 0.5) is 13.6 Å². The number of hydrogen-bond donors (Lipinski definition) is 3. The van der Waals surface area contributed by atoms with Gasteiger partial charge in [0.2, 0.25) is 28.3 Å². The maximum atomic E-state index is 14.1. The number of rotatable bonds is 12. The Hall–Kier alpha value is -2.55. The molecule has 12 nitrogen and oxygen atoms in total. The molecule has 0 aromatic rings. The van der Waals surface area contributed by atoms with Gasteiger partial charge in [-0.3, -0.25) is 9.59 Å². The Morgan fingerprint density at radius 3 is 1.98 bits per heavy atom. The zero-order valence-corrected chi connectivity index (χ0v) is 28.1. The van der Waals surface area contributed by atoms with Crippen molar-refractivity contribution in [1.82, 2.24) is 25.2 Å². The number of nitrogens with zero attached hydrogens (tertiary/aromatic N) is 2. The second-order valence-electron chi connectivity index (χ2n) is 13.8. The summed E-state index contributed by atoms with van der Waals surface area (Å²) in [5.41, 5.74) is -1.37. The molecule has 5 atom stereocenters. The van der Waals surface area contributed by atoms with Crippen LogP contribution in [0.2, 0.25) is 0 Å². The molecular formula is C28H51F2N5O7S. The van der Waals surface area contributed by atoms with Crippen LogP contribution in [-0.4, -0.2) is 106 Å². The number of alkyl halides is 2. The molecule has 0 saturated carbocycles. The molecule has 1 rings (SSSR count). The van der Waals surface area contributed by atoms with E-state index in [1.807, 2.05) is 34.6 Å². The first-order valence-corrected chi connectivity index (χ1v) is 16.2. The van der Waals surface area contributed by atoms with Crippen molar-refractivity contribution in [2.45, 2.75) is 98.8 Å². The Balaban J connectivity index is 3.32. The molecule has 0 unspecified atom stereocenters. The van der Waals surface area contributed by atoms with Crippen molar-refractivity contribution in [1.29, 1.82) is 0 Å². The summed E-state index contributed by atoms with van der Waals surface area (Å²) in [6, 6.07) is -5.09. The minimum Gasteiger partial charge on any atom is -0.467 e. The number of sulfonamides is 1. The molecule has 3 N–H and O–H groups in total. The van der Waals surface area contributed by atoms with Crippen molar-refractivity contribution in [2.24, 2.45) is 22.7 Å². The van der Waals surface area contributed by atoms with Crippen molar-refractivity contribution in [3.8, 4) is 0 Å². The molecule has 15 heteroatoms. The zero-order valence-electron chi connectivity index (χ0n) is 27.3. The van der Waals surface area contributed by atoms with E-state index in [0.29, 0.717) is 6.42 Å². The molecule has 1 fully saturated rings. The quantitative estimate of drug-likeness (QED) is 0.277. The summed E-state index contributed by atoms with van der Waals surface area (Å²) in [5.74, 6) is -2.72. The summed E-state index contributed by atoms with van der Waals surface area (Å²) < 4.78 is 56.1. The monoisotopic (exact) mass is 639 g/mol. The molecule has 0 spiro atoms. The van der Waals surface area contributed by atoms with Crippen molar-refractivity contribution >= 4 is 33.8 Å². The lowest BCUT2D eigenvalue weighted by atomic mass is 9.84. The van der Waals surface area contributed by atoms with Gasteiger partial charge < -0.3 is 25.6 Å². The van der Waals surface area contributed by atoms with Gasteiger partial charge in [-0.05, 0) is 29.1 Å². The number of carbonyl (C=O) groups is 4. The fourth-order valence-corrected chi connectivity index (χ4v) is 5.38. The number of likely N-dealkylation sites (N-methyl/N-ethyl adjacent to an activating group) is 1. The van der Waals surface area contributed by atoms with E-state index in [0.717, 1.165) is 17.7 Å². The van der Waals surface area contributed by atoms with E-state index >= 15 is 0 Å². The van der Waals surface area contributed by atoms with Crippen LogP contribution in [0, 0.1) is 22.7 Å². The van der Waals surface area contributed by atoms with Gasteiger partial charge in [0.05, 0.1) is 13.4 Å². The van der Waals surface area contributed by atoms with E-state index in [9.17, 15) is 36.4 Å². The minimum atomic E-state index is -3.52. The van der Waals surface area contributed by atoms with Gasteiger partial charge in [-0.25, -0.2) is 31.1 Å². The third-order valence-corrected chi connectivity index (χ3v) is 9.10. The standard InChI is InChI=1S/C28H51F2N5O7S/c1-16(2)17-12-13-35(21(17)23(36)31-18(14-20(29)30)25(38)42-10)24(37)22(28(6,7)8)33-26(39)32-19(27(3,4)5)15-34(9)43(11,40)41/h16-22H,12-15H2,1-11H3,(H,31,36)(H2,32,33,39)/t17-,18+,19-,21+,22-/m1/s1. The van der Waals surface area contributed by atoms with E-state index in [-0.39, 0.29) is 24.9 Å². The van der Waals surface area contributed by atoms with E-state index in [1.165, 1.54) is 11.9 Å². The second-order valence-corrected chi connectivity index (χ2v) is 15.9. The largest absolute Gasteiger partial charge is 0.467 e. The maximum Gasteiger partial charge on any atom is 0.328 e. The van der Waals surface area contributed by atoms with Crippen LogP contribution in [0.25, 0.3) is 0 Å². The van der Waals surface area contributed by atoms with Crippen molar-refractivity contribution in [2.75, 3.05) is 33.5 Å². The number of amides is 4. The van der Waals surface area contributed by atoms with Gasteiger partial charge in [0.1, 0.15) is 18.1 Å². The van der Waals surface area contributed by atoms with Gasteiger partial charge in [-0.2, -0.15) is 0 Å². The Bertz CT molecular complexity index is 1110. The molecule has 43 heavy (non-hydrogen) atoms. The number of likely N-dealkylation sites (tertiary alicyclic amines) is 1. The summed E-state index contributed by atoms with van der Waals surface area (Å²) in [7, 11) is -1.08. The first-order valence-electron chi connectivity index (χ1n) is 14.4. The Labute approximate surface area is 255 Å². The van der Waals surface area contributed by atoms with Crippen LogP contribution < -0.4 is 16.0 Å². The SMILES string of the molecule is COC(=O)[C@H](CC(F)F)NC(=O)[C@@H]1[C@@H](C(C)C)CCN1C(=O)[C@@H](NC(=O)N[C@H](CN(C)S(C)(=O)=O)C(C)(C)C)C(C)(C)C. The summed E-state index contributed by atoms with van der Waals surface area (Å²) in [4.78, 5) is 54.3. The van der Waals surface area contributed by atoms with Crippen molar-refractivity contribution in [3.05, 3.63) is 0 Å². The smallest absolute Gasteiger partial charge is 0.328 e. The number of ether oxygens (including phenoxy) is 1. The fourth-order valence-electron chi connectivity index (χ4n) is 4.96. The van der Waals surface area contributed by atoms with Gasteiger partial charge in [0.25, 0.3) is 0 Å². The average Bonchev–Trinajstić information content (AvgIpc) is 3.29. The first kappa shape index (κ1) is 38.5. The molecule has 4 amide bonds. The molecule has 0 aromatic carbocycles. The lowest BCUT2D eigenvalue weighted by Gasteiger charge is -2.38. The zero-order chi connectivity index (χ0) is 33.7. The molecule has 0 aliphatic carbocycles. The highest BCUT2D eigenvalue weighted by atomic mass is 32.2. The van der Waals surface area contributed by atoms with Gasteiger partial charge in [0, 0.05) is 32.6 Å². The fraction of sp³-hybridized carbons (Fsp3) is 0.857. The normalized spacial score (nSPS) is 20.1. The molecule has 0 bridgehead atoms. The van der Waals surface area contributed by atoms with Crippen molar-refractivity contribution < 1.29 is 41.1 Å². The maximum absolute atomic E-state index is 14.1. The lowest BCUT2D eigenvalue weighted by molar-refractivity contribution is -0.148. The van der Waals surface area contributed by atoms with Gasteiger partial charge in [0.15, 0.2) is 0 Å². The number of esters is 1. The van der Waals surface area contributed by atoms with E-state index in [1.54, 1.807) is 20.8 Å². The highest BCUT2D eigenvalue weighted by Gasteiger charge is 2.48. The number of halogens is 2. The second kappa shape index (κ2) is 15.0. The number of urea groups is 1. The Morgan fingerprint density at radius 1 is 1.00 bits per heavy atom. The first-order chi connectivity index (χ1) is 19.4. The van der Waals surface area contributed by atoms with Gasteiger partial charge in [-0.15, -0.1) is 0 Å². The summed E-state index contributed by atoms with van der Waals surface area (Å²) in [6.07, 6.45) is -2.31. The topological polar surface area (TPSA) is 154 Å². The van der Waals surface area contributed by atoms with Crippen LogP contribution in [0.3, 0.4) is 0 Å². The van der Waals surface area contributed by atoms with E-state index in [2.05, 4.69) is 20.7 Å². The third kappa shape index (κ3) is 11.1. The van der Waals surface area contributed by atoms with E-state index in [4.69, 9.17) is 0 Å². The van der Waals surface area contributed by atoms with Crippen LogP contribution in [-0.2, 0) is 29.1 Å². The molecule has 0 aromatic heterocycles. The van der Waals surface area contributed by atoms with Gasteiger partial charge >= 0.3 is 12.0 Å². The summed E-state index contributed by atoms with van der Waals surface area (Å²) >= 11 is 0. The number of hydrogen-bond acceptors (Lipinski definition) is 7. The third-order valence-electron chi connectivity index (χ3n) is 7.81. The molecular weight excluding hydrogens is 588 g/mol. The molecule has 0 radical (unpaired) electrons. The Morgan fingerprint density at radius 2 is 1.56 bits per heavy atom. The predicted octanol–water partition coefficient (Wildman–Crippen LogP) is 2.19. The molecule has 250 valence electrons. The lowest BCUT2D eigenvalue weighted by Crippen LogP contribution is -2.62. The number of methoxy groups -OCH3 is 1. The highest BCUT2D eigenvalue weighted by molar-refractivity contribution is 7.88. The number of nitrogens with one attached hydrogen (secondary N) is 3. The highest BCUT2D eigenvalue weighted by Crippen LogP contribution is 2.33. The summed E-state index contributed by atoms with van der Waals surface area (Å²) in [5, 5.41) is 7.90. The van der Waals surface area contributed by atoms with Gasteiger partial charge in [-0.1, -0.05) is 55.4 Å². The molecule has 1 aliphatic rings. The van der Waals surface area contributed by atoms with Crippen molar-refractivity contribution in [3.63, 3.8) is 0 Å². The average molecular weight is 640 g/mol.